The van der Waals surface area contributed by atoms with Gasteiger partial charge in [0.05, 0.1) is 21.9 Å². The molecule has 0 saturated heterocycles. The van der Waals surface area contributed by atoms with E-state index in [0.717, 1.165) is 25.0 Å². The van der Waals surface area contributed by atoms with Crippen molar-refractivity contribution in [1.82, 2.24) is 15.3 Å². The van der Waals surface area contributed by atoms with E-state index in [-0.39, 0.29) is 29.3 Å². The first-order valence-electron chi connectivity index (χ1n) is 8.99. The first-order chi connectivity index (χ1) is 13.3. The standard InChI is InChI=1S/C20H19Cl2N3O3/c1-12-6-24-17(7-23-12)18(27)25-20-9-19(10-20,11-20)5-13(26)8-28-14-2-3-15(21)16(22)4-14/h2-4,6-7H,5,8-11H2,1H3,(H,25,27). The van der Waals surface area contributed by atoms with Crippen LogP contribution in [0.1, 0.15) is 41.9 Å². The summed E-state index contributed by atoms with van der Waals surface area (Å²) < 4.78 is 5.51. The highest BCUT2D eigenvalue weighted by Crippen LogP contribution is 2.69. The van der Waals surface area contributed by atoms with Gasteiger partial charge in [0.1, 0.15) is 18.1 Å². The summed E-state index contributed by atoms with van der Waals surface area (Å²) in [7, 11) is 0. The highest BCUT2D eigenvalue weighted by Gasteiger charge is 2.68. The second-order valence-corrected chi connectivity index (χ2v) is 8.70. The Balaban J connectivity index is 1.24. The zero-order valence-electron chi connectivity index (χ0n) is 15.3. The van der Waals surface area contributed by atoms with Gasteiger partial charge in [-0.3, -0.25) is 14.6 Å². The molecule has 3 saturated carbocycles. The molecule has 3 aliphatic carbocycles. The van der Waals surface area contributed by atoms with Crippen LogP contribution in [0.15, 0.2) is 30.6 Å². The predicted octanol–water partition coefficient (Wildman–Crippen LogP) is 3.78. The Kier molecular flexibility index (Phi) is 4.79. The van der Waals surface area contributed by atoms with Crippen molar-refractivity contribution < 1.29 is 14.3 Å². The van der Waals surface area contributed by atoms with E-state index in [9.17, 15) is 9.59 Å². The average Bonchev–Trinajstić information content (AvgIpc) is 2.60. The molecule has 1 aromatic heterocycles. The third-order valence-corrected chi connectivity index (χ3v) is 6.13. The summed E-state index contributed by atoms with van der Waals surface area (Å²) in [6.45, 7) is 1.82. The molecule has 2 bridgehead atoms. The molecule has 5 rings (SSSR count). The average molecular weight is 420 g/mol. The number of amides is 1. The molecule has 146 valence electrons. The third kappa shape index (κ3) is 3.71. The van der Waals surface area contributed by atoms with Crippen molar-refractivity contribution in [2.75, 3.05) is 6.61 Å². The molecule has 3 aliphatic rings. The minimum absolute atomic E-state index is 0.00196. The second-order valence-electron chi connectivity index (χ2n) is 7.89. The van der Waals surface area contributed by atoms with Crippen molar-refractivity contribution in [2.24, 2.45) is 5.41 Å². The lowest BCUT2D eigenvalue weighted by Crippen LogP contribution is -2.75. The maximum atomic E-state index is 12.3. The number of ether oxygens (including phenoxy) is 1. The number of carbonyl (C=O) groups excluding carboxylic acids is 2. The van der Waals surface area contributed by atoms with Crippen LogP contribution in [0.3, 0.4) is 0 Å². The van der Waals surface area contributed by atoms with Crippen molar-refractivity contribution in [2.45, 2.75) is 38.1 Å². The van der Waals surface area contributed by atoms with E-state index in [0.29, 0.717) is 27.9 Å². The summed E-state index contributed by atoms with van der Waals surface area (Å²) in [5.41, 5.74) is 0.872. The van der Waals surface area contributed by atoms with Crippen LogP contribution in [-0.2, 0) is 4.79 Å². The number of aromatic nitrogens is 2. The van der Waals surface area contributed by atoms with Crippen LogP contribution in [0.5, 0.6) is 5.75 Å². The summed E-state index contributed by atoms with van der Waals surface area (Å²) in [6.07, 6.45) is 5.94. The number of rotatable bonds is 7. The molecule has 2 aromatic rings. The van der Waals surface area contributed by atoms with Crippen LogP contribution in [0, 0.1) is 12.3 Å². The van der Waals surface area contributed by atoms with Crippen molar-refractivity contribution in [3.05, 3.63) is 52.0 Å². The lowest BCUT2D eigenvalue weighted by molar-refractivity contribution is -0.162. The van der Waals surface area contributed by atoms with Crippen molar-refractivity contribution in [3.63, 3.8) is 0 Å². The molecular formula is C20H19Cl2N3O3. The van der Waals surface area contributed by atoms with Gasteiger partial charge in [-0.2, -0.15) is 0 Å². The van der Waals surface area contributed by atoms with Gasteiger partial charge >= 0.3 is 0 Å². The molecule has 0 aliphatic heterocycles. The monoisotopic (exact) mass is 419 g/mol. The van der Waals surface area contributed by atoms with Gasteiger partial charge in [-0.05, 0) is 43.7 Å². The highest BCUT2D eigenvalue weighted by atomic mass is 35.5. The van der Waals surface area contributed by atoms with Crippen molar-refractivity contribution in [3.8, 4) is 5.75 Å². The lowest BCUT2D eigenvalue weighted by Gasteiger charge is -2.70. The molecule has 28 heavy (non-hydrogen) atoms. The van der Waals surface area contributed by atoms with Crippen LogP contribution >= 0.6 is 23.2 Å². The minimum atomic E-state index is -0.213. The number of carbonyl (C=O) groups is 2. The number of ketones is 1. The molecule has 1 heterocycles. The molecule has 1 N–H and O–H groups in total. The van der Waals surface area contributed by atoms with Gasteiger partial charge < -0.3 is 10.1 Å². The van der Waals surface area contributed by atoms with Crippen molar-refractivity contribution >= 4 is 34.9 Å². The molecule has 1 aromatic carbocycles. The van der Waals surface area contributed by atoms with E-state index in [1.165, 1.54) is 6.20 Å². The van der Waals surface area contributed by atoms with E-state index in [1.807, 2.05) is 6.92 Å². The summed E-state index contributed by atoms with van der Waals surface area (Å²) >= 11 is 11.8. The van der Waals surface area contributed by atoms with Crippen LogP contribution in [-0.4, -0.2) is 33.8 Å². The first kappa shape index (κ1) is 19.2. The van der Waals surface area contributed by atoms with Gasteiger partial charge in [-0.15, -0.1) is 0 Å². The van der Waals surface area contributed by atoms with Gasteiger partial charge in [0, 0.05) is 24.2 Å². The van der Waals surface area contributed by atoms with Crippen LogP contribution < -0.4 is 10.1 Å². The van der Waals surface area contributed by atoms with E-state index < -0.39 is 0 Å². The van der Waals surface area contributed by atoms with E-state index in [2.05, 4.69) is 15.3 Å². The molecule has 3 fully saturated rings. The number of aryl methyl sites for hydroxylation is 1. The van der Waals surface area contributed by atoms with Crippen molar-refractivity contribution in [1.29, 1.82) is 0 Å². The third-order valence-electron chi connectivity index (χ3n) is 5.40. The fourth-order valence-corrected chi connectivity index (χ4v) is 4.62. The molecule has 8 heteroatoms. The van der Waals surface area contributed by atoms with Gasteiger partial charge in [-0.25, -0.2) is 4.98 Å². The number of halogens is 2. The Bertz CT molecular complexity index is 926. The van der Waals surface area contributed by atoms with Crippen LogP contribution in [0.25, 0.3) is 0 Å². The number of hydrogen-bond donors (Lipinski definition) is 1. The molecule has 0 spiro atoms. The lowest BCUT2D eigenvalue weighted by atomic mass is 9.38. The number of hydrogen-bond acceptors (Lipinski definition) is 5. The van der Waals surface area contributed by atoms with E-state index in [1.54, 1.807) is 24.4 Å². The molecule has 0 unspecified atom stereocenters. The van der Waals surface area contributed by atoms with E-state index in [4.69, 9.17) is 27.9 Å². The Morgan fingerprint density at radius 1 is 1.14 bits per heavy atom. The zero-order chi connectivity index (χ0) is 19.9. The smallest absolute Gasteiger partial charge is 0.271 e. The maximum absolute atomic E-state index is 12.3. The summed E-state index contributed by atoms with van der Waals surface area (Å²) in [4.78, 5) is 32.8. The highest BCUT2D eigenvalue weighted by molar-refractivity contribution is 6.42. The summed E-state index contributed by atoms with van der Waals surface area (Å²) in [6, 6.07) is 4.91. The molecule has 6 nitrogen and oxygen atoms in total. The van der Waals surface area contributed by atoms with Crippen LogP contribution in [0.4, 0.5) is 0 Å². The molecule has 0 atom stereocenters. The normalized spacial score (nSPS) is 24.7. The molecular weight excluding hydrogens is 401 g/mol. The Morgan fingerprint density at radius 3 is 2.54 bits per heavy atom. The van der Waals surface area contributed by atoms with Gasteiger partial charge in [0.25, 0.3) is 5.91 Å². The molecule has 1 amide bonds. The van der Waals surface area contributed by atoms with Gasteiger partial charge in [0.15, 0.2) is 5.78 Å². The number of nitrogens with one attached hydrogen (secondary N) is 1. The fourth-order valence-electron chi connectivity index (χ4n) is 4.33. The largest absolute Gasteiger partial charge is 0.486 e. The number of Topliss-reactive ketones (excluding diaryl/α,β-unsaturated/α-hetero) is 1. The Morgan fingerprint density at radius 2 is 1.89 bits per heavy atom. The fraction of sp³-hybridized carbons (Fsp3) is 0.400. The Labute approximate surface area is 172 Å². The summed E-state index contributed by atoms with van der Waals surface area (Å²) in [5, 5.41) is 3.88. The van der Waals surface area contributed by atoms with Gasteiger partial charge in [0.2, 0.25) is 0 Å². The second kappa shape index (κ2) is 7.01. The van der Waals surface area contributed by atoms with E-state index >= 15 is 0 Å². The zero-order valence-corrected chi connectivity index (χ0v) is 16.8. The molecule has 0 radical (unpaired) electrons. The quantitative estimate of drug-likeness (QED) is 0.738. The first-order valence-corrected chi connectivity index (χ1v) is 9.75. The SMILES string of the molecule is Cc1cnc(C(=O)NC23CC(CC(=O)COc4ccc(Cl)c(Cl)c4)(C2)C3)cn1. The van der Waals surface area contributed by atoms with Gasteiger partial charge in [-0.1, -0.05) is 23.2 Å². The maximum Gasteiger partial charge on any atom is 0.271 e. The number of nitrogens with zero attached hydrogens (tertiary/aromatic N) is 2. The Hall–Kier alpha value is -2.18. The summed E-state index contributed by atoms with van der Waals surface area (Å²) in [5.74, 6) is 0.341. The predicted molar refractivity (Wildman–Crippen MR) is 105 cm³/mol. The minimum Gasteiger partial charge on any atom is -0.486 e. The van der Waals surface area contributed by atoms with Crippen LogP contribution in [0.2, 0.25) is 10.0 Å². The topological polar surface area (TPSA) is 81.2 Å². The number of benzene rings is 1.